The number of fused-ring (bicyclic) bond motifs is 2. The molecule has 16 heteroatoms. The fourth-order valence-corrected chi connectivity index (χ4v) is 5.93. The van der Waals surface area contributed by atoms with Crippen LogP contribution in [0.15, 0.2) is 6.07 Å². The van der Waals surface area contributed by atoms with Gasteiger partial charge in [0.05, 0.1) is 11.9 Å². The van der Waals surface area contributed by atoms with Gasteiger partial charge < -0.3 is 24.0 Å². The largest absolute Gasteiger partial charge is 0.461 e. The Labute approximate surface area is 237 Å². The van der Waals surface area contributed by atoms with Crippen molar-refractivity contribution in [3.05, 3.63) is 22.6 Å². The van der Waals surface area contributed by atoms with Crippen molar-refractivity contribution < 1.29 is 31.5 Å². The van der Waals surface area contributed by atoms with E-state index in [1.54, 1.807) is 4.90 Å². The van der Waals surface area contributed by atoms with E-state index >= 15 is 0 Å². The second-order valence-corrected chi connectivity index (χ2v) is 12.2. The van der Waals surface area contributed by atoms with Crippen LogP contribution < -0.4 is 9.80 Å². The number of rotatable bonds is 5. The molecule has 1 saturated heterocycles. The normalized spacial score (nSPS) is 16.9. The molecule has 0 N–H and O–H groups in total. The van der Waals surface area contributed by atoms with Crippen LogP contribution in [0.2, 0.25) is 0 Å². The second kappa shape index (κ2) is 10.5. The van der Waals surface area contributed by atoms with Gasteiger partial charge in [-0.1, -0.05) is 13.3 Å². The first kappa shape index (κ1) is 29.2. The average Bonchev–Trinajstić information content (AvgIpc) is 3.50. The first-order valence-corrected chi connectivity index (χ1v) is 14.1. The van der Waals surface area contributed by atoms with E-state index in [-0.39, 0.29) is 31.6 Å². The molecule has 1 amide bonds. The summed E-state index contributed by atoms with van der Waals surface area (Å²) in [6, 6.07) is 2.01. The first-order valence-electron chi connectivity index (χ1n) is 13.3. The molecule has 0 spiro atoms. The zero-order valence-electron chi connectivity index (χ0n) is 23.1. The number of thiophene rings is 1. The molecule has 0 unspecified atom stereocenters. The van der Waals surface area contributed by atoms with E-state index in [4.69, 9.17) is 14.7 Å². The third-order valence-corrected chi connectivity index (χ3v) is 7.90. The van der Waals surface area contributed by atoms with Gasteiger partial charge in [-0.05, 0) is 33.3 Å². The SMILES string of the molecule is CCCc1cc2c(N3CCn4c(nnc4C(F)(F)C(F)(F)F)C3)nc(N3CCN(C(=O)OC(C)(C)C)CC3)nc2s1. The lowest BCUT2D eigenvalue weighted by Gasteiger charge is -2.36. The summed E-state index contributed by atoms with van der Waals surface area (Å²) >= 11 is 1.54. The summed E-state index contributed by atoms with van der Waals surface area (Å²) in [7, 11) is 0. The van der Waals surface area contributed by atoms with E-state index in [9.17, 15) is 26.7 Å². The summed E-state index contributed by atoms with van der Waals surface area (Å²) in [5.41, 5.74) is -0.602. The Morgan fingerprint density at radius 3 is 2.29 bits per heavy atom. The maximum atomic E-state index is 14.1. The van der Waals surface area contributed by atoms with E-state index in [1.165, 1.54) is 11.3 Å². The van der Waals surface area contributed by atoms with E-state index in [0.29, 0.717) is 37.9 Å². The van der Waals surface area contributed by atoms with Gasteiger partial charge in [0.15, 0.2) is 5.82 Å². The van der Waals surface area contributed by atoms with Crippen molar-refractivity contribution in [2.24, 2.45) is 0 Å². The molecule has 0 aliphatic carbocycles. The van der Waals surface area contributed by atoms with Crippen molar-refractivity contribution in [2.45, 2.75) is 71.3 Å². The molecule has 2 aliphatic rings. The maximum Gasteiger partial charge on any atom is 0.461 e. The monoisotopic (exact) mass is 602 g/mol. The molecule has 2 aliphatic heterocycles. The number of hydrogen-bond acceptors (Lipinski definition) is 9. The number of ether oxygens (including phenoxy) is 1. The number of amides is 1. The molecule has 3 aromatic heterocycles. The molecule has 0 bridgehead atoms. The van der Waals surface area contributed by atoms with Crippen LogP contribution in [0.1, 0.15) is 50.6 Å². The Balaban J connectivity index is 1.42. The molecule has 0 aromatic carbocycles. The molecular weight excluding hydrogens is 571 g/mol. The van der Waals surface area contributed by atoms with Crippen LogP contribution in [0.25, 0.3) is 10.2 Å². The zero-order chi connectivity index (χ0) is 29.7. The number of piperazine rings is 1. The van der Waals surface area contributed by atoms with Crippen molar-refractivity contribution in [2.75, 3.05) is 42.5 Å². The van der Waals surface area contributed by atoms with Gasteiger partial charge in [0.25, 0.3) is 0 Å². The highest BCUT2D eigenvalue weighted by Gasteiger charge is 2.62. The van der Waals surface area contributed by atoms with Crippen LogP contribution in [0.5, 0.6) is 0 Å². The fraction of sp³-hybridized carbons (Fsp3) is 0.640. The molecule has 5 rings (SSSR count). The standard InChI is InChI=1S/C25H31F5N8O2S/c1-5-6-15-13-16-18(37-11-12-38-17(14-37)33-34-20(38)24(26,27)25(28,29)30)31-21(32-19(16)41-15)35-7-9-36(10-8-35)22(39)40-23(2,3)4/h13H,5-12,14H2,1-4H3. The Morgan fingerprint density at radius 2 is 1.66 bits per heavy atom. The highest BCUT2D eigenvalue weighted by Crippen LogP contribution is 2.44. The molecule has 5 heterocycles. The van der Waals surface area contributed by atoms with E-state index in [0.717, 1.165) is 32.5 Å². The van der Waals surface area contributed by atoms with Crippen LogP contribution in [-0.2, 0) is 30.2 Å². The number of alkyl halides is 5. The Hall–Kier alpha value is -3.30. The fourth-order valence-electron chi connectivity index (χ4n) is 4.81. The third-order valence-electron chi connectivity index (χ3n) is 6.81. The van der Waals surface area contributed by atoms with E-state index in [1.807, 2.05) is 36.6 Å². The minimum Gasteiger partial charge on any atom is -0.444 e. The molecule has 0 atom stereocenters. The first-order chi connectivity index (χ1) is 19.2. The molecule has 0 radical (unpaired) electrons. The Bertz CT molecular complexity index is 1430. The highest BCUT2D eigenvalue weighted by atomic mass is 32.1. The highest BCUT2D eigenvalue weighted by molar-refractivity contribution is 7.18. The van der Waals surface area contributed by atoms with E-state index in [2.05, 4.69) is 17.1 Å². The number of aromatic nitrogens is 5. The smallest absolute Gasteiger partial charge is 0.444 e. The molecule has 224 valence electrons. The summed E-state index contributed by atoms with van der Waals surface area (Å²) in [6.45, 7) is 9.20. The van der Waals surface area contributed by atoms with Gasteiger partial charge in [-0.3, -0.25) is 0 Å². The van der Waals surface area contributed by atoms with Gasteiger partial charge >= 0.3 is 18.2 Å². The Kier molecular flexibility index (Phi) is 7.49. The van der Waals surface area contributed by atoms with Crippen LogP contribution >= 0.6 is 11.3 Å². The number of halogens is 5. The molecule has 10 nitrogen and oxygen atoms in total. The number of aryl methyl sites for hydroxylation is 1. The van der Waals surface area contributed by atoms with Crippen LogP contribution in [0, 0.1) is 0 Å². The molecule has 1 fully saturated rings. The lowest BCUT2D eigenvalue weighted by molar-refractivity contribution is -0.293. The van der Waals surface area contributed by atoms with Crippen molar-refractivity contribution in [3.8, 4) is 0 Å². The number of anilines is 2. The summed E-state index contributed by atoms with van der Waals surface area (Å²) < 4.78 is 73.6. The molecular formula is C25H31F5N8O2S. The average molecular weight is 603 g/mol. The van der Waals surface area contributed by atoms with Gasteiger partial charge in [0, 0.05) is 44.1 Å². The minimum atomic E-state index is -5.78. The van der Waals surface area contributed by atoms with Crippen molar-refractivity contribution in [1.82, 2.24) is 29.6 Å². The quantitative estimate of drug-likeness (QED) is 0.379. The van der Waals surface area contributed by atoms with Crippen molar-refractivity contribution >= 4 is 39.4 Å². The van der Waals surface area contributed by atoms with Gasteiger partial charge in [0.1, 0.15) is 16.2 Å². The van der Waals surface area contributed by atoms with Crippen LogP contribution in [-0.4, -0.2) is 80.2 Å². The lowest BCUT2D eigenvalue weighted by atomic mass is 10.2. The lowest BCUT2D eigenvalue weighted by Crippen LogP contribution is -2.50. The van der Waals surface area contributed by atoms with Gasteiger partial charge in [0.2, 0.25) is 11.8 Å². The summed E-state index contributed by atoms with van der Waals surface area (Å²) in [4.78, 5) is 29.4. The van der Waals surface area contributed by atoms with Crippen molar-refractivity contribution in [1.29, 1.82) is 0 Å². The zero-order valence-corrected chi connectivity index (χ0v) is 24.0. The molecule has 3 aromatic rings. The maximum absolute atomic E-state index is 14.1. The van der Waals surface area contributed by atoms with Crippen LogP contribution in [0.4, 0.5) is 38.5 Å². The third kappa shape index (κ3) is 5.75. The summed E-state index contributed by atoms with van der Waals surface area (Å²) in [6.07, 6.45) is -4.39. The predicted molar refractivity (Wildman–Crippen MR) is 142 cm³/mol. The van der Waals surface area contributed by atoms with Crippen LogP contribution in [0.3, 0.4) is 0 Å². The number of carbonyl (C=O) groups is 1. The predicted octanol–water partition coefficient (Wildman–Crippen LogP) is 4.97. The second-order valence-electron chi connectivity index (χ2n) is 11.1. The number of carbonyl (C=O) groups excluding carboxylic acids is 1. The Morgan fingerprint density at radius 1 is 0.976 bits per heavy atom. The van der Waals surface area contributed by atoms with Gasteiger partial charge in [-0.2, -0.15) is 26.9 Å². The topological polar surface area (TPSA) is 92.5 Å². The number of hydrogen-bond donors (Lipinski definition) is 0. The molecule has 0 saturated carbocycles. The summed E-state index contributed by atoms with van der Waals surface area (Å²) in [5.74, 6) is -5.51. The van der Waals surface area contributed by atoms with Crippen molar-refractivity contribution in [3.63, 3.8) is 0 Å². The molecule has 41 heavy (non-hydrogen) atoms. The minimum absolute atomic E-state index is 0.00141. The summed E-state index contributed by atoms with van der Waals surface area (Å²) in [5, 5.41) is 7.69. The van der Waals surface area contributed by atoms with Gasteiger partial charge in [-0.25, -0.2) is 9.78 Å². The van der Waals surface area contributed by atoms with E-state index < -0.39 is 23.5 Å². The number of nitrogens with zero attached hydrogens (tertiary/aromatic N) is 8. The van der Waals surface area contributed by atoms with Gasteiger partial charge in [-0.15, -0.1) is 21.5 Å².